The van der Waals surface area contributed by atoms with Crippen molar-refractivity contribution in [3.63, 3.8) is 0 Å². The molecular weight excluding hydrogens is 215 g/mol. The molecule has 0 amide bonds. The molecule has 1 aliphatic rings. The molecule has 1 N–H and O–H groups in total. The van der Waals surface area contributed by atoms with Gasteiger partial charge in [-0.2, -0.15) is 0 Å². The molecular formula is C7H6BrFO2. The first kappa shape index (κ1) is 8.62. The second-order valence-electron chi connectivity index (χ2n) is 2.28. The molecule has 2 unspecified atom stereocenters. The zero-order valence-corrected chi connectivity index (χ0v) is 7.08. The van der Waals surface area contributed by atoms with Crippen molar-refractivity contribution in [1.29, 1.82) is 0 Å². The molecule has 0 bridgehead atoms. The highest BCUT2D eigenvalue weighted by Gasteiger charge is 2.32. The van der Waals surface area contributed by atoms with E-state index < -0.39 is 16.3 Å². The Morgan fingerprint density at radius 2 is 2.45 bits per heavy atom. The predicted molar refractivity (Wildman–Crippen MR) is 41.8 cm³/mol. The third-order valence-corrected chi connectivity index (χ3v) is 2.17. The minimum Gasteiger partial charge on any atom is -0.374 e. The molecule has 2 nitrogen and oxygen atoms in total. The van der Waals surface area contributed by atoms with Gasteiger partial charge in [-0.05, 0) is 28.1 Å². The van der Waals surface area contributed by atoms with E-state index in [9.17, 15) is 14.3 Å². The summed E-state index contributed by atoms with van der Waals surface area (Å²) < 4.78 is 10.9. The molecule has 0 spiro atoms. The van der Waals surface area contributed by atoms with Crippen LogP contribution in [0, 0.1) is 5.92 Å². The van der Waals surface area contributed by atoms with E-state index in [1.807, 2.05) is 0 Å². The average molecular weight is 221 g/mol. The third kappa shape index (κ3) is 1.75. The van der Waals surface area contributed by atoms with Crippen molar-refractivity contribution >= 4 is 22.2 Å². The normalized spacial score (nSPS) is 36.6. The average Bonchev–Trinajstić information content (AvgIpc) is 1.85. The van der Waals surface area contributed by atoms with Crippen molar-refractivity contribution in [2.75, 3.05) is 0 Å². The van der Waals surface area contributed by atoms with E-state index in [0.29, 0.717) is 6.29 Å². The van der Waals surface area contributed by atoms with Crippen molar-refractivity contribution in [3.8, 4) is 0 Å². The van der Waals surface area contributed by atoms with Crippen molar-refractivity contribution in [2.24, 2.45) is 5.92 Å². The maximum absolute atomic E-state index is 12.5. The fourth-order valence-electron chi connectivity index (χ4n) is 0.809. The largest absolute Gasteiger partial charge is 0.374 e. The summed E-state index contributed by atoms with van der Waals surface area (Å²) in [6.07, 6.45) is 3.95. The molecule has 0 radical (unpaired) electrons. The lowest BCUT2D eigenvalue weighted by Crippen LogP contribution is -2.30. The fourth-order valence-corrected chi connectivity index (χ4v) is 1.29. The summed E-state index contributed by atoms with van der Waals surface area (Å²) in [6.45, 7) is 0. The van der Waals surface area contributed by atoms with Gasteiger partial charge in [0.25, 0.3) is 0 Å². The second kappa shape index (κ2) is 2.87. The monoisotopic (exact) mass is 220 g/mol. The molecule has 0 heterocycles. The van der Waals surface area contributed by atoms with Gasteiger partial charge in [-0.15, -0.1) is 0 Å². The van der Waals surface area contributed by atoms with Gasteiger partial charge >= 0.3 is 0 Å². The van der Waals surface area contributed by atoms with Crippen LogP contribution in [0.5, 0.6) is 0 Å². The first-order valence-corrected chi connectivity index (χ1v) is 3.78. The van der Waals surface area contributed by atoms with Crippen molar-refractivity contribution in [1.82, 2.24) is 0 Å². The summed E-state index contributed by atoms with van der Waals surface area (Å²) in [6, 6.07) is 0. The highest BCUT2D eigenvalue weighted by molar-refractivity contribution is 9.10. The summed E-state index contributed by atoms with van der Waals surface area (Å²) in [7, 11) is 0. The zero-order chi connectivity index (χ0) is 8.48. The van der Waals surface area contributed by atoms with Crippen LogP contribution in [-0.4, -0.2) is 15.9 Å². The predicted octanol–water partition coefficient (Wildman–Crippen LogP) is 1.31. The summed E-state index contributed by atoms with van der Waals surface area (Å²) in [4.78, 5) is 10.3. The van der Waals surface area contributed by atoms with Crippen LogP contribution in [0.3, 0.4) is 0 Å². The van der Waals surface area contributed by atoms with Gasteiger partial charge in [-0.25, -0.2) is 4.39 Å². The number of rotatable bonds is 1. The van der Waals surface area contributed by atoms with Crippen molar-refractivity contribution in [2.45, 2.75) is 4.51 Å². The van der Waals surface area contributed by atoms with E-state index >= 15 is 0 Å². The number of carbonyl (C=O) groups is 1. The lowest BCUT2D eigenvalue weighted by Gasteiger charge is -2.23. The van der Waals surface area contributed by atoms with Crippen LogP contribution in [0.2, 0.25) is 0 Å². The van der Waals surface area contributed by atoms with Crippen LogP contribution < -0.4 is 0 Å². The first-order chi connectivity index (χ1) is 5.06. The Balaban J connectivity index is 2.92. The maximum atomic E-state index is 12.5. The summed E-state index contributed by atoms with van der Waals surface area (Å²) >= 11 is 2.82. The van der Waals surface area contributed by atoms with Crippen LogP contribution >= 0.6 is 15.9 Å². The van der Waals surface area contributed by atoms with Crippen LogP contribution in [0.15, 0.2) is 24.1 Å². The smallest absolute Gasteiger partial charge is 0.154 e. The van der Waals surface area contributed by atoms with Gasteiger partial charge in [-0.3, -0.25) is 0 Å². The van der Waals surface area contributed by atoms with Crippen LogP contribution in [0.25, 0.3) is 0 Å². The van der Waals surface area contributed by atoms with Crippen LogP contribution in [0.4, 0.5) is 4.39 Å². The van der Waals surface area contributed by atoms with Gasteiger partial charge in [0.1, 0.15) is 12.1 Å². The maximum Gasteiger partial charge on any atom is 0.154 e. The first-order valence-electron chi connectivity index (χ1n) is 2.99. The number of hydrogen-bond donors (Lipinski definition) is 1. The van der Waals surface area contributed by atoms with Crippen LogP contribution in [0.1, 0.15) is 0 Å². The number of allylic oxidation sites excluding steroid dienone is 2. The Morgan fingerprint density at radius 1 is 1.82 bits per heavy atom. The van der Waals surface area contributed by atoms with E-state index in [2.05, 4.69) is 15.9 Å². The van der Waals surface area contributed by atoms with Crippen molar-refractivity contribution in [3.05, 3.63) is 24.1 Å². The molecule has 11 heavy (non-hydrogen) atoms. The Morgan fingerprint density at radius 3 is 2.91 bits per heavy atom. The lowest BCUT2D eigenvalue weighted by atomic mass is 9.99. The van der Waals surface area contributed by atoms with E-state index in [-0.39, 0.29) is 0 Å². The fraction of sp³-hybridized carbons (Fsp3) is 0.286. The highest BCUT2D eigenvalue weighted by atomic mass is 79.9. The number of alkyl halides is 1. The molecule has 0 aromatic heterocycles. The molecule has 0 saturated carbocycles. The molecule has 0 saturated heterocycles. The van der Waals surface area contributed by atoms with E-state index in [0.717, 1.165) is 12.2 Å². The Labute approximate surface area is 71.5 Å². The van der Waals surface area contributed by atoms with Crippen LogP contribution in [-0.2, 0) is 4.79 Å². The van der Waals surface area contributed by atoms with Gasteiger partial charge in [0.15, 0.2) is 4.51 Å². The second-order valence-corrected chi connectivity index (χ2v) is 3.55. The molecule has 0 aromatic carbocycles. The molecule has 1 rings (SSSR count). The molecule has 0 aliphatic heterocycles. The van der Waals surface area contributed by atoms with Gasteiger partial charge < -0.3 is 9.90 Å². The number of aliphatic hydroxyl groups is 1. The number of halogens is 2. The number of aldehydes is 1. The zero-order valence-electron chi connectivity index (χ0n) is 5.50. The standard InChI is InChI=1S/C7H6BrFO2/c8-7(11)3-6(9)2-1-5(7)4-10/h1-5,11H. The number of carbonyl (C=O) groups excluding carboxylic acids is 1. The highest BCUT2D eigenvalue weighted by Crippen LogP contribution is 2.31. The third-order valence-electron chi connectivity index (χ3n) is 1.42. The summed E-state index contributed by atoms with van der Waals surface area (Å²) in [5.41, 5.74) is 0. The van der Waals surface area contributed by atoms with Gasteiger partial charge in [0, 0.05) is 0 Å². The molecule has 0 fully saturated rings. The topological polar surface area (TPSA) is 37.3 Å². The van der Waals surface area contributed by atoms with Gasteiger partial charge in [0.05, 0.1) is 5.92 Å². The molecule has 0 aromatic rings. The van der Waals surface area contributed by atoms with Gasteiger partial charge in [-0.1, -0.05) is 6.08 Å². The molecule has 2 atom stereocenters. The number of hydrogen-bond acceptors (Lipinski definition) is 2. The van der Waals surface area contributed by atoms with E-state index in [1.54, 1.807) is 0 Å². The Bertz CT molecular complexity index is 233. The molecule has 1 aliphatic carbocycles. The SMILES string of the molecule is O=CC1C=CC(F)=CC1(O)Br. The minimum atomic E-state index is -1.56. The molecule has 4 heteroatoms. The quantitative estimate of drug-likeness (QED) is 0.535. The van der Waals surface area contributed by atoms with Crippen molar-refractivity contribution < 1.29 is 14.3 Å². The lowest BCUT2D eigenvalue weighted by molar-refractivity contribution is -0.112. The Hall–Kier alpha value is -0.480. The summed E-state index contributed by atoms with van der Waals surface area (Å²) in [5.74, 6) is -1.27. The van der Waals surface area contributed by atoms with Gasteiger partial charge in [0.2, 0.25) is 0 Å². The van der Waals surface area contributed by atoms with E-state index in [1.165, 1.54) is 6.08 Å². The molecule has 60 valence electrons. The summed E-state index contributed by atoms with van der Waals surface area (Å²) in [5, 5.41) is 9.32. The minimum absolute atomic E-state index is 0.550. The van der Waals surface area contributed by atoms with E-state index in [4.69, 9.17) is 0 Å². The Kier molecular flexibility index (Phi) is 2.25.